The van der Waals surface area contributed by atoms with E-state index >= 15 is 0 Å². The lowest BCUT2D eigenvalue weighted by molar-refractivity contribution is -0.132. The molecule has 1 aromatic heterocycles. The van der Waals surface area contributed by atoms with Crippen molar-refractivity contribution in [3.05, 3.63) is 36.0 Å². The first-order valence-corrected chi connectivity index (χ1v) is 13.6. The molecule has 1 N–H and O–H groups in total. The van der Waals surface area contributed by atoms with Crippen LogP contribution in [0.4, 0.5) is 0 Å². The Bertz CT molecular complexity index is 978. The van der Waals surface area contributed by atoms with Crippen LogP contribution in [-0.2, 0) is 11.3 Å². The van der Waals surface area contributed by atoms with Crippen LogP contribution in [0.15, 0.2) is 30.3 Å². The van der Waals surface area contributed by atoms with E-state index in [-0.39, 0.29) is 11.8 Å². The van der Waals surface area contributed by atoms with Gasteiger partial charge in [0.1, 0.15) is 11.5 Å². The normalized spacial score (nSPS) is 27.3. The van der Waals surface area contributed by atoms with Gasteiger partial charge in [-0.25, -0.2) is 0 Å². The SMILES string of the molecule is CCC1CCC(O)C1C(=O)C1CCN(Cc2ccc3cc(OC4CCCCC4)ccc3n2)CC1. The minimum atomic E-state index is -0.425. The maximum absolute atomic E-state index is 13.1. The molecule has 5 nitrogen and oxygen atoms in total. The van der Waals surface area contributed by atoms with Crippen molar-refractivity contribution in [1.29, 1.82) is 0 Å². The Kier molecular flexibility index (Phi) is 7.50. The zero-order valence-electron chi connectivity index (χ0n) is 20.6. The van der Waals surface area contributed by atoms with Crippen molar-refractivity contribution in [3.8, 4) is 5.75 Å². The van der Waals surface area contributed by atoms with Gasteiger partial charge in [0, 0.05) is 23.8 Å². The molecule has 3 aliphatic rings. The third kappa shape index (κ3) is 5.31. The second-order valence-electron chi connectivity index (χ2n) is 10.8. The molecule has 2 saturated carbocycles. The van der Waals surface area contributed by atoms with Crippen molar-refractivity contribution in [2.75, 3.05) is 13.1 Å². The van der Waals surface area contributed by atoms with Crippen molar-refractivity contribution >= 4 is 16.7 Å². The standard InChI is InChI=1S/C29H40N2O3/c1-2-20-9-13-27(32)28(20)29(33)21-14-16-31(17-15-21)19-23-10-8-22-18-25(11-12-26(22)30-23)34-24-6-4-3-5-7-24/h8,10-12,18,20-21,24,27-28,32H,2-7,9,13-17,19H2,1H3. The second-order valence-corrected chi connectivity index (χ2v) is 10.8. The van der Waals surface area contributed by atoms with Crippen molar-refractivity contribution in [1.82, 2.24) is 9.88 Å². The number of hydrogen-bond donors (Lipinski definition) is 1. The number of aliphatic hydroxyl groups excluding tert-OH is 1. The van der Waals surface area contributed by atoms with E-state index in [1.54, 1.807) is 0 Å². The number of ketones is 1. The number of fused-ring (bicyclic) bond motifs is 1. The zero-order chi connectivity index (χ0) is 23.5. The Morgan fingerprint density at radius 2 is 1.82 bits per heavy atom. The van der Waals surface area contributed by atoms with E-state index in [9.17, 15) is 9.90 Å². The highest BCUT2D eigenvalue weighted by Gasteiger charge is 2.42. The van der Waals surface area contributed by atoms with Gasteiger partial charge in [-0.05, 0) is 94.6 Å². The largest absolute Gasteiger partial charge is 0.490 e. The monoisotopic (exact) mass is 464 g/mol. The van der Waals surface area contributed by atoms with Crippen molar-refractivity contribution in [2.24, 2.45) is 17.8 Å². The number of carbonyl (C=O) groups excluding carboxylic acids is 1. The fourth-order valence-electron chi connectivity index (χ4n) is 6.50. The van der Waals surface area contributed by atoms with E-state index in [4.69, 9.17) is 9.72 Å². The van der Waals surface area contributed by atoms with Gasteiger partial charge in [0.2, 0.25) is 0 Å². The second kappa shape index (κ2) is 10.7. The number of nitrogens with zero attached hydrogens (tertiary/aromatic N) is 2. The van der Waals surface area contributed by atoms with Gasteiger partial charge < -0.3 is 9.84 Å². The number of likely N-dealkylation sites (tertiary alicyclic amines) is 1. The smallest absolute Gasteiger partial charge is 0.141 e. The van der Waals surface area contributed by atoms with E-state index in [0.717, 1.165) is 86.9 Å². The lowest BCUT2D eigenvalue weighted by atomic mass is 9.79. The minimum Gasteiger partial charge on any atom is -0.490 e. The van der Waals surface area contributed by atoms with E-state index < -0.39 is 6.10 Å². The predicted molar refractivity (Wildman–Crippen MR) is 135 cm³/mol. The maximum Gasteiger partial charge on any atom is 0.141 e. The Balaban J connectivity index is 1.16. The summed E-state index contributed by atoms with van der Waals surface area (Å²) in [5, 5.41) is 11.5. The molecule has 0 spiro atoms. The van der Waals surface area contributed by atoms with Crippen LogP contribution < -0.4 is 4.74 Å². The first-order chi connectivity index (χ1) is 16.6. The molecule has 3 unspecified atom stereocenters. The molecule has 5 rings (SSSR count). The Morgan fingerprint density at radius 1 is 1.03 bits per heavy atom. The van der Waals surface area contributed by atoms with E-state index in [2.05, 4.69) is 42.2 Å². The number of carbonyl (C=O) groups is 1. The molecular weight excluding hydrogens is 424 g/mol. The molecule has 3 atom stereocenters. The molecule has 5 heteroatoms. The van der Waals surface area contributed by atoms with E-state index in [0.29, 0.717) is 17.8 Å². The number of aromatic nitrogens is 1. The van der Waals surface area contributed by atoms with Gasteiger partial charge in [-0.15, -0.1) is 0 Å². The minimum absolute atomic E-state index is 0.107. The molecule has 2 aliphatic carbocycles. The number of pyridine rings is 1. The first kappa shape index (κ1) is 23.7. The van der Waals surface area contributed by atoms with Gasteiger partial charge in [-0.3, -0.25) is 14.7 Å². The molecule has 1 saturated heterocycles. The van der Waals surface area contributed by atoms with Crippen LogP contribution in [0, 0.1) is 17.8 Å². The van der Waals surface area contributed by atoms with Crippen molar-refractivity contribution in [2.45, 2.75) is 89.9 Å². The maximum atomic E-state index is 13.1. The molecule has 0 amide bonds. The van der Waals surface area contributed by atoms with Crippen LogP contribution in [-0.4, -0.2) is 46.1 Å². The summed E-state index contributed by atoms with van der Waals surface area (Å²) in [5.74, 6) is 1.63. The molecule has 2 aromatic rings. The van der Waals surface area contributed by atoms with Gasteiger partial charge in [-0.1, -0.05) is 25.8 Å². The molecule has 3 fully saturated rings. The number of ether oxygens (including phenoxy) is 1. The summed E-state index contributed by atoms with van der Waals surface area (Å²) in [6.45, 7) is 4.81. The lowest BCUT2D eigenvalue weighted by Crippen LogP contribution is -2.40. The van der Waals surface area contributed by atoms with Crippen molar-refractivity contribution < 1.29 is 14.6 Å². The van der Waals surface area contributed by atoms with Gasteiger partial charge in [0.25, 0.3) is 0 Å². The fourth-order valence-corrected chi connectivity index (χ4v) is 6.50. The lowest BCUT2D eigenvalue weighted by Gasteiger charge is -2.33. The average Bonchev–Trinajstić information content (AvgIpc) is 3.25. The quantitative estimate of drug-likeness (QED) is 0.584. The number of hydrogen-bond acceptors (Lipinski definition) is 5. The van der Waals surface area contributed by atoms with Gasteiger partial charge in [0.15, 0.2) is 0 Å². The zero-order valence-corrected chi connectivity index (χ0v) is 20.6. The highest BCUT2D eigenvalue weighted by molar-refractivity contribution is 5.84. The van der Waals surface area contributed by atoms with Crippen LogP contribution >= 0.6 is 0 Å². The van der Waals surface area contributed by atoms with Crippen molar-refractivity contribution in [3.63, 3.8) is 0 Å². The molecular formula is C29H40N2O3. The number of Topliss-reactive ketones (excluding diaryl/α,β-unsaturated/α-hetero) is 1. The van der Waals surface area contributed by atoms with Crippen LogP contribution in [0.2, 0.25) is 0 Å². The van der Waals surface area contributed by atoms with Crippen LogP contribution in [0.1, 0.15) is 76.8 Å². The highest BCUT2D eigenvalue weighted by Crippen LogP contribution is 2.38. The van der Waals surface area contributed by atoms with Gasteiger partial charge in [0.05, 0.1) is 23.4 Å². The average molecular weight is 465 g/mol. The van der Waals surface area contributed by atoms with Crippen LogP contribution in [0.5, 0.6) is 5.75 Å². The topological polar surface area (TPSA) is 62.7 Å². The molecule has 1 aliphatic heterocycles. The molecule has 0 bridgehead atoms. The third-order valence-corrected chi connectivity index (χ3v) is 8.56. The third-order valence-electron chi connectivity index (χ3n) is 8.56. The molecule has 2 heterocycles. The summed E-state index contributed by atoms with van der Waals surface area (Å²) < 4.78 is 6.22. The molecule has 1 aromatic carbocycles. The number of rotatable bonds is 7. The molecule has 0 radical (unpaired) electrons. The fraction of sp³-hybridized carbons (Fsp3) is 0.655. The summed E-state index contributed by atoms with van der Waals surface area (Å²) in [4.78, 5) is 20.5. The Hall–Kier alpha value is -1.98. The summed E-state index contributed by atoms with van der Waals surface area (Å²) in [7, 11) is 0. The van der Waals surface area contributed by atoms with E-state index in [1.807, 2.05) is 0 Å². The van der Waals surface area contributed by atoms with E-state index in [1.165, 1.54) is 19.3 Å². The summed E-state index contributed by atoms with van der Waals surface area (Å²) >= 11 is 0. The predicted octanol–water partition coefficient (Wildman–Crippen LogP) is 5.52. The Labute approximate surface area is 203 Å². The summed E-state index contributed by atoms with van der Waals surface area (Å²) in [5.41, 5.74) is 2.09. The van der Waals surface area contributed by atoms with Gasteiger partial charge in [-0.2, -0.15) is 0 Å². The molecule has 34 heavy (non-hydrogen) atoms. The highest BCUT2D eigenvalue weighted by atomic mass is 16.5. The summed E-state index contributed by atoms with van der Waals surface area (Å²) in [6, 6.07) is 10.6. The number of piperidine rings is 1. The molecule has 184 valence electrons. The Morgan fingerprint density at radius 3 is 2.59 bits per heavy atom. The summed E-state index contributed by atoms with van der Waals surface area (Å²) in [6.07, 6.45) is 10.7. The van der Waals surface area contributed by atoms with Crippen LogP contribution in [0.3, 0.4) is 0 Å². The first-order valence-electron chi connectivity index (χ1n) is 13.6. The van der Waals surface area contributed by atoms with Gasteiger partial charge >= 0.3 is 0 Å². The number of aliphatic hydroxyl groups is 1. The van der Waals surface area contributed by atoms with Crippen LogP contribution in [0.25, 0.3) is 10.9 Å². The number of benzene rings is 1.